The van der Waals surface area contributed by atoms with Crippen LogP contribution in [0.2, 0.25) is 0 Å². The number of nitrogens with one attached hydrogen (secondary N) is 1. The first kappa shape index (κ1) is 11.2. The molecule has 7 nitrogen and oxygen atoms in total. The number of aryl methyl sites for hydroxylation is 1. The first-order chi connectivity index (χ1) is 8.78. The van der Waals surface area contributed by atoms with Gasteiger partial charge in [0.2, 0.25) is 5.95 Å². The number of nitrogens with zero attached hydrogens (tertiary/aromatic N) is 5. The highest BCUT2D eigenvalue weighted by atomic mass is 15.5. The van der Waals surface area contributed by atoms with E-state index in [0.29, 0.717) is 11.6 Å². The van der Waals surface area contributed by atoms with Crippen LogP contribution in [0.3, 0.4) is 0 Å². The predicted octanol–water partition coefficient (Wildman–Crippen LogP) is 0.709. The van der Waals surface area contributed by atoms with Crippen LogP contribution in [0, 0.1) is 6.92 Å². The third kappa shape index (κ3) is 1.86. The van der Waals surface area contributed by atoms with Gasteiger partial charge >= 0.3 is 0 Å². The fourth-order valence-corrected chi connectivity index (χ4v) is 2.31. The summed E-state index contributed by atoms with van der Waals surface area (Å²) in [5.74, 6) is 7.52. The van der Waals surface area contributed by atoms with E-state index in [2.05, 4.69) is 25.4 Å². The average molecular weight is 247 g/mol. The molecule has 0 unspecified atom stereocenters. The molecule has 0 saturated carbocycles. The van der Waals surface area contributed by atoms with Crippen LogP contribution in [-0.2, 0) is 0 Å². The summed E-state index contributed by atoms with van der Waals surface area (Å²) in [7, 11) is 0. The van der Waals surface area contributed by atoms with Crippen molar-refractivity contribution >= 4 is 17.5 Å². The minimum Gasteiger partial charge on any atom is -0.339 e. The molecule has 0 spiro atoms. The second-order valence-electron chi connectivity index (χ2n) is 4.60. The maximum absolute atomic E-state index is 5.49. The van der Waals surface area contributed by atoms with Crippen LogP contribution in [0.15, 0.2) is 6.07 Å². The monoisotopic (exact) mass is 247 g/mol. The summed E-state index contributed by atoms with van der Waals surface area (Å²) >= 11 is 0. The van der Waals surface area contributed by atoms with Crippen molar-refractivity contribution in [3.63, 3.8) is 0 Å². The van der Waals surface area contributed by atoms with Crippen molar-refractivity contribution in [3.05, 3.63) is 11.8 Å². The Bertz CT molecular complexity index is 556. The highest BCUT2D eigenvalue weighted by Crippen LogP contribution is 2.18. The van der Waals surface area contributed by atoms with Gasteiger partial charge < -0.3 is 10.3 Å². The van der Waals surface area contributed by atoms with Gasteiger partial charge in [0.25, 0.3) is 5.78 Å². The molecule has 96 valence electrons. The predicted molar refractivity (Wildman–Crippen MR) is 69.4 cm³/mol. The number of piperidine rings is 1. The SMILES string of the molecule is Cc1cc(NN)n2nc(N3CCCCC3)nc2n1. The van der Waals surface area contributed by atoms with Crippen LogP contribution in [-0.4, -0.2) is 32.7 Å². The molecule has 0 bridgehead atoms. The van der Waals surface area contributed by atoms with Crippen molar-refractivity contribution in [3.8, 4) is 0 Å². The molecule has 3 heterocycles. The second-order valence-corrected chi connectivity index (χ2v) is 4.60. The number of fused-ring (bicyclic) bond motifs is 1. The Morgan fingerprint density at radius 3 is 2.72 bits per heavy atom. The standard InChI is InChI=1S/C11H17N7/c1-8-7-9(15-12)18-10(13-8)14-11(16-18)17-5-3-2-4-6-17/h7,15H,2-6,12H2,1H3. The van der Waals surface area contributed by atoms with E-state index in [-0.39, 0.29) is 0 Å². The lowest BCUT2D eigenvalue weighted by Gasteiger charge is -2.24. The van der Waals surface area contributed by atoms with Crippen molar-refractivity contribution in [1.82, 2.24) is 19.6 Å². The minimum absolute atomic E-state index is 0.587. The Labute approximate surface area is 105 Å². The number of anilines is 2. The van der Waals surface area contributed by atoms with E-state index < -0.39 is 0 Å². The summed E-state index contributed by atoms with van der Waals surface area (Å²) in [6.07, 6.45) is 3.69. The van der Waals surface area contributed by atoms with Gasteiger partial charge in [-0.25, -0.2) is 10.8 Å². The van der Waals surface area contributed by atoms with Crippen LogP contribution < -0.4 is 16.2 Å². The van der Waals surface area contributed by atoms with Crippen molar-refractivity contribution in [2.24, 2.45) is 5.84 Å². The molecule has 1 fully saturated rings. The normalized spacial score (nSPS) is 16.2. The molecular weight excluding hydrogens is 230 g/mol. The molecule has 0 aromatic carbocycles. The Morgan fingerprint density at radius 2 is 2.00 bits per heavy atom. The molecule has 0 amide bonds. The van der Waals surface area contributed by atoms with E-state index in [1.54, 1.807) is 4.52 Å². The number of rotatable bonds is 2. The van der Waals surface area contributed by atoms with Gasteiger partial charge in [0.05, 0.1) is 0 Å². The number of aromatic nitrogens is 4. The maximum atomic E-state index is 5.49. The first-order valence-corrected chi connectivity index (χ1v) is 6.24. The quantitative estimate of drug-likeness (QED) is 0.600. The summed E-state index contributed by atoms with van der Waals surface area (Å²) in [5.41, 5.74) is 3.50. The van der Waals surface area contributed by atoms with Gasteiger partial charge in [-0.1, -0.05) is 0 Å². The summed E-state index contributed by atoms with van der Waals surface area (Å²) in [6.45, 7) is 3.94. The lowest BCUT2D eigenvalue weighted by atomic mass is 10.1. The molecular formula is C11H17N7. The van der Waals surface area contributed by atoms with Gasteiger partial charge in [-0.05, 0) is 26.2 Å². The number of hydrogen-bond acceptors (Lipinski definition) is 6. The molecule has 1 saturated heterocycles. The van der Waals surface area contributed by atoms with Crippen molar-refractivity contribution in [1.29, 1.82) is 0 Å². The zero-order valence-electron chi connectivity index (χ0n) is 10.4. The third-order valence-electron chi connectivity index (χ3n) is 3.22. The number of nitrogens with two attached hydrogens (primary N) is 1. The first-order valence-electron chi connectivity index (χ1n) is 6.24. The molecule has 1 aliphatic heterocycles. The van der Waals surface area contributed by atoms with Gasteiger partial charge in [0.1, 0.15) is 5.82 Å². The molecule has 3 rings (SSSR count). The summed E-state index contributed by atoms with van der Waals surface area (Å²) < 4.78 is 1.65. The number of hydrogen-bond donors (Lipinski definition) is 2. The largest absolute Gasteiger partial charge is 0.339 e. The Kier molecular flexibility index (Phi) is 2.75. The Balaban J connectivity index is 2.04. The van der Waals surface area contributed by atoms with E-state index in [0.717, 1.165) is 24.7 Å². The van der Waals surface area contributed by atoms with Gasteiger partial charge in [0.15, 0.2) is 0 Å². The number of hydrazine groups is 1. The van der Waals surface area contributed by atoms with E-state index in [9.17, 15) is 0 Å². The van der Waals surface area contributed by atoms with Gasteiger partial charge in [-0.15, -0.1) is 5.10 Å². The van der Waals surface area contributed by atoms with Crippen molar-refractivity contribution in [2.75, 3.05) is 23.4 Å². The lowest BCUT2D eigenvalue weighted by Crippen LogP contribution is -2.30. The van der Waals surface area contributed by atoms with Gasteiger partial charge in [0, 0.05) is 24.8 Å². The molecule has 2 aromatic rings. The fourth-order valence-electron chi connectivity index (χ4n) is 2.31. The summed E-state index contributed by atoms with van der Waals surface area (Å²) in [4.78, 5) is 11.0. The van der Waals surface area contributed by atoms with E-state index in [1.807, 2.05) is 13.0 Å². The molecule has 18 heavy (non-hydrogen) atoms. The molecule has 7 heteroatoms. The zero-order chi connectivity index (χ0) is 12.5. The Morgan fingerprint density at radius 1 is 1.22 bits per heavy atom. The fraction of sp³-hybridized carbons (Fsp3) is 0.545. The highest BCUT2D eigenvalue weighted by Gasteiger charge is 2.17. The van der Waals surface area contributed by atoms with Crippen LogP contribution >= 0.6 is 0 Å². The smallest absolute Gasteiger partial charge is 0.256 e. The maximum Gasteiger partial charge on any atom is 0.256 e. The zero-order valence-corrected chi connectivity index (χ0v) is 10.4. The molecule has 0 radical (unpaired) electrons. The van der Waals surface area contributed by atoms with Crippen molar-refractivity contribution < 1.29 is 0 Å². The lowest BCUT2D eigenvalue weighted by molar-refractivity contribution is 0.568. The molecule has 1 aliphatic rings. The van der Waals surface area contributed by atoms with E-state index >= 15 is 0 Å². The average Bonchev–Trinajstić information content (AvgIpc) is 2.82. The van der Waals surface area contributed by atoms with E-state index in [1.165, 1.54) is 19.3 Å². The van der Waals surface area contributed by atoms with Crippen LogP contribution in [0.25, 0.3) is 5.78 Å². The number of nitrogen functional groups attached to an aromatic ring is 1. The second kappa shape index (κ2) is 4.41. The topological polar surface area (TPSA) is 84.4 Å². The van der Waals surface area contributed by atoms with Gasteiger partial charge in [-0.2, -0.15) is 9.50 Å². The van der Waals surface area contributed by atoms with Crippen LogP contribution in [0.5, 0.6) is 0 Å². The molecule has 3 N–H and O–H groups in total. The van der Waals surface area contributed by atoms with Crippen molar-refractivity contribution in [2.45, 2.75) is 26.2 Å². The van der Waals surface area contributed by atoms with Gasteiger partial charge in [-0.3, -0.25) is 0 Å². The molecule has 2 aromatic heterocycles. The third-order valence-corrected chi connectivity index (χ3v) is 3.22. The van der Waals surface area contributed by atoms with Crippen LogP contribution in [0.4, 0.5) is 11.8 Å². The van der Waals surface area contributed by atoms with E-state index in [4.69, 9.17) is 5.84 Å². The van der Waals surface area contributed by atoms with Crippen LogP contribution in [0.1, 0.15) is 25.0 Å². The summed E-state index contributed by atoms with van der Waals surface area (Å²) in [5, 5.41) is 4.47. The summed E-state index contributed by atoms with van der Waals surface area (Å²) in [6, 6.07) is 1.85. The molecule has 0 atom stereocenters. The Hall–Kier alpha value is -1.89. The molecule has 0 aliphatic carbocycles. The highest BCUT2D eigenvalue weighted by molar-refractivity contribution is 5.48. The minimum atomic E-state index is 0.587.